The Kier molecular flexibility index (Phi) is 4.50. The maximum absolute atomic E-state index is 5.72. The molecule has 0 heterocycles. The van der Waals surface area contributed by atoms with Crippen molar-refractivity contribution in [3.8, 4) is 5.75 Å². The summed E-state index contributed by atoms with van der Waals surface area (Å²) >= 11 is 5.36. The van der Waals surface area contributed by atoms with Gasteiger partial charge in [-0.2, -0.15) is 0 Å². The number of hydrogen-bond acceptors (Lipinski definition) is 2. The predicted octanol–water partition coefficient (Wildman–Crippen LogP) is 2.84. The van der Waals surface area contributed by atoms with E-state index in [1.165, 1.54) is 5.54 Å². The molecular weight excluding hydrogens is 198 g/mol. The third kappa shape index (κ3) is 3.40. The van der Waals surface area contributed by atoms with Crippen molar-refractivity contribution in [2.24, 2.45) is 5.73 Å². The van der Waals surface area contributed by atoms with Crippen molar-refractivity contribution in [1.82, 2.24) is 0 Å². The van der Waals surface area contributed by atoms with Crippen molar-refractivity contribution in [2.75, 3.05) is 6.61 Å². The minimum Gasteiger partial charge on any atom is -0.490 e. The lowest BCUT2D eigenvalue weighted by Gasteiger charge is -2.07. The molecule has 0 saturated heterocycles. The largest absolute Gasteiger partial charge is 0.490 e. The van der Waals surface area contributed by atoms with Crippen LogP contribution >= 0.6 is 11.6 Å². The van der Waals surface area contributed by atoms with Gasteiger partial charge >= 0.3 is 0 Å². The smallest absolute Gasteiger partial charge is 0.119 e. The average Bonchev–Trinajstić information content (AvgIpc) is 2.19. The first-order chi connectivity index (χ1) is 6.74. The van der Waals surface area contributed by atoms with Crippen molar-refractivity contribution in [3.05, 3.63) is 41.4 Å². The molecule has 1 rings (SSSR count). The van der Waals surface area contributed by atoms with Gasteiger partial charge in [-0.05, 0) is 30.7 Å². The Balaban J connectivity index is 2.55. The van der Waals surface area contributed by atoms with Crippen molar-refractivity contribution in [2.45, 2.75) is 13.0 Å². The molecule has 0 spiro atoms. The van der Waals surface area contributed by atoms with Crippen LogP contribution in [0.5, 0.6) is 5.75 Å². The Bertz CT molecular complexity index is 293. The zero-order chi connectivity index (χ0) is 10.4. The molecule has 2 nitrogen and oxygen atoms in total. The Morgan fingerprint density at radius 2 is 2.07 bits per heavy atom. The first-order valence-electron chi connectivity index (χ1n) is 4.47. The van der Waals surface area contributed by atoms with Gasteiger partial charge in [0.15, 0.2) is 0 Å². The third-order valence-corrected chi connectivity index (χ3v) is 2.02. The maximum Gasteiger partial charge on any atom is 0.119 e. The molecule has 0 aliphatic rings. The second kappa shape index (κ2) is 5.68. The molecule has 1 atom stereocenters. The summed E-state index contributed by atoms with van der Waals surface area (Å²) in [4.78, 5) is 0. The van der Waals surface area contributed by atoms with Gasteiger partial charge in [0, 0.05) is 11.6 Å². The Morgan fingerprint density at radius 3 is 2.57 bits per heavy atom. The number of nitrogens with two attached hydrogens (primary N) is 1. The number of hydrogen-bond donors (Lipinski definition) is 1. The van der Waals surface area contributed by atoms with E-state index in [1.54, 1.807) is 6.08 Å². The monoisotopic (exact) mass is 211 g/mol. The minimum atomic E-state index is 0.0618. The van der Waals surface area contributed by atoms with Crippen LogP contribution in [0.1, 0.15) is 18.5 Å². The van der Waals surface area contributed by atoms with E-state index in [1.807, 2.05) is 31.2 Å². The highest BCUT2D eigenvalue weighted by Crippen LogP contribution is 2.15. The van der Waals surface area contributed by atoms with E-state index < -0.39 is 0 Å². The van der Waals surface area contributed by atoms with Crippen LogP contribution in [0.25, 0.3) is 0 Å². The van der Waals surface area contributed by atoms with Crippen LogP contribution in [0.3, 0.4) is 0 Å². The summed E-state index contributed by atoms with van der Waals surface area (Å²) in [5.41, 5.74) is 8.26. The summed E-state index contributed by atoms with van der Waals surface area (Å²) in [6.07, 6.45) is 1.74. The van der Waals surface area contributed by atoms with E-state index >= 15 is 0 Å². The molecule has 0 aromatic heterocycles. The highest BCUT2D eigenvalue weighted by Gasteiger charge is 1.98. The molecule has 3 heteroatoms. The summed E-state index contributed by atoms with van der Waals surface area (Å²) in [5, 5.41) is 0. The number of benzene rings is 1. The van der Waals surface area contributed by atoms with E-state index in [-0.39, 0.29) is 6.04 Å². The van der Waals surface area contributed by atoms with Gasteiger partial charge in [0.2, 0.25) is 0 Å². The van der Waals surface area contributed by atoms with Gasteiger partial charge in [-0.25, -0.2) is 0 Å². The van der Waals surface area contributed by atoms with E-state index in [9.17, 15) is 0 Å². The Morgan fingerprint density at radius 1 is 1.43 bits per heavy atom. The summed E-state index contributed by atoms with van der Waals surface area (Å²) in [6.45, 7) is 2.44. The summed E-state index contributed by atoms with van der Waals surface area (Å²) < 4.78 is 5.37. The van der Waals surface area contributed by atoms with Crippen LogP contribution in [-0.4, -0.2) is 6.61 Å². The quantitative estimate of drug-likeness (QED) is 0.831. The van der Waals surface area contributed by atoms with Gasteiger partial charge in [0.25, 0.3) is 0 Å². The van der Waals surface area contributed by atoms with Crippen LogP contribution in [-0.2, 0) is 0 Å². The minimum absolute atomic E-state index is 0.0618. The zero-order valence-electron chi connectivity index (χ0n) is 8.11. The Hall–Kier alpha value is -0.990. The molecule has 1 aromatic carbocycles. The van der Waals surface area contributed by atoms with Crippen molar-refractivity contribution in [3.63, 3.8) is 0 Å². The van der Waals surface area contributed by atoms with Gasteiger partial charge in [0.1, 0.15) is 12.4 Å². The molecule has 0 saturated carbocycles. The van der Waals surface area contributed by atoms with E-state index in [0.29, 0.717) is 6.61 Å². The fraction of sp³-hybridized carbons (Fsp3) is 0.273. The topological polar surface area (TPSA) is 35.2 Å². The highest BCUT2D eigenvalue weighted by atomic mass is 35.5. The molecule has 0 aliphatic carbocycles. The maximum atomic E-state index is 5.72. The van der Waals surface area contributed by atoms with E-state index in [0.717, 1.165) is 11.3 Å². The second-order valence-corrected chi connectivity index (χ2v) is 3.28. The molecule has 0 fully saturated rings. The predicted molar refractivity (Wildman–Crippen MR) is 59.5 cm³/mol. The fourth-order valence-corrected chi connectivity index (χ4v) is 1.12. The first kappa shape index (κ1) is 11.1. The first-order valence-corrected chi connectivity index (χ1v) is 4.91. The molecular formula is C11H14ClNO. The molecule has 76 valence electrons. The van der Waals surface area contributed by atoms with Crippen LogP contribution in [0.4, 0.5) is 0 Å². The van der Waals surface area contributed by atoms with Crippen molar-refractivity contribution < 1.29 is 4.74 Å². The average molecular weight is 212 g/mol. The van der Waals surface area contributed by atoms with E-state index in [4.69, 9.17) is 22.1 Å². The lowest BCUT2D eigenvalue weighted by atomic mass is 10.1. The van der Waals surface area contributed by atoms with Crippen molar-refractivity contribution in [1.29, 1.82) is 0 Å². The van der Waals surface area contributed by atoms with Crippen LogP contribution < -0.4 is 10.5 Å². The van der Waals surface area contributed by atoms with Gasteiger partial charge in [-0.15, -0.1) is 0 Å². The van der Waals surface area contributed by atoms with Crippen LogP contribution in [0, 0.1) is 0 Å². The van der Waals surface area contributed by atoms with Gasteiger partial charge < -0.3 is 10.5 Å². The SMILES string of the molecule is C[C@H](N)c1ccc(OCC=CCl)cc1. The molecule has 0 radical (unpaired) electrons. The molecule has 0 unspecified atom stereocenters. The lowest BCUT2D eigenvalue weighted by Crippen LogP contribution is -2.04. The number of ether oxygens (including phenoxy) is 1. The molecule has 0 amide bonds. The summed E-state index contributed by atoms with van der Waals surface area (Å²) in [6, 6.07) is 7.79. The molecule has 2 N–H and O–H groups in total. The molecule has 1 aromatic rings. The van der Waals surface area contributed by atoms with Crippen molar-refractivity contribution >= 4 is 11.6 Å². The molecule has 14 heavy (non-hydrogen) atoms. The normalized spacial score (nSPS) is 13.1. The highest BCUT2D eigenvalue weighted by molar-refractivity contribution is 6.25. The summed E-state index contributed by atoms with van der Waals surface area (Å²) in [5.74, 6) is 0.823. The Labute approximate surface area is 89.3 Å². The third-order valence-electron chi connectivity index (χ3n) is 1.84. The van der Waals surface area contributed by atoms with Gasteiger partial charge in [-0.3, -0.25) is 0 Å². The molecule has 0 aliphatic heterocycles. The standard InChI is InChI=1S/C11H14ClNO/c1-9(13)10-3-5-11(6-4-10)14-8-2-7-12/h2-7,9H,8,13H2,1H3/t9-/m0/s1. The van der Waals surface area contributed by atoms with E-state index in [2.05, 4.69) is 0 Å². The van der Waals surface area contributed by atoms with Crippen LogP contribution in [0.15, 0.2) is 35.9 Å². The molecule has 0 bridgehead atoms. The van der Waals surface area contributed by atoms with Crippen LogP contribution in [0.2, 0.25) is 0 Å². The number of halogens is 1. The number of rotatable bonds is 4. The van der Waals surface area contributed by atoms with Gasteiger partial charge in [-0.1, -0.05) is 23.7 Å². The second-order valence-electron chi connectivity index (χ2n) is 3.03. The summed E-state index contributed by atoms with van der Waals surface area (Å²) in [7, 11) is 0. The van der Waals surface area contributed by atoms with Gasteiger partial charge in [0.05, 0.1) is 0 Å². The fourth-order valence-electron chi connectivity index (χ4n) is 1.05. The zero-order valence-corrected chi connectivity index (χ0v) is 8.87. The lowest BCUT2D eigenvalue weighted by molar-refractivity contribution is 0.363.